The van der Waals surface area contributed by atoms with Gasteiger partial charge in [-0.25, -0.2) is 4.68 Å². The Kier molecular flexibility index (Phi) is 6.75. The van der Waals surface area contributed by atoms with E-state index in [1.54, 1.807) is 11.8 Å². The van der Waals surface area contributed by atoms with Crippen molar-refractivity contribution in [3.05, 3.63) is 45.2 Å². The van der Waals surface area contributed by atoms with E-state index in [1.807, 2.05) is 24.3 Å². The van der Waals surface area contributed by atoms with Crippen LogP contribution in [0.25, 0.3) is 11.3 Å². The number of rotatable bonds is 6. The van der Waals surface area contributed by atoms with Gasteiger partial charge in [-0.15, -0.1) is 0 Å². The van der Waals surface area contributed by atoms with Gasteiger partial charge in [-0.2, -0.15) is 5.10 Å². The zero-order valence-electron chi connectivity index (χ0n) is 17.1. The molecule has 2 heterocycles. The molecular weight excluding hydrogens is 376 g/mol. The second-order valence-corrected chi connectivity index (χ2v) is 8.27. The number of benzene rings is 1. The first-order valence-electron chi connectivity index (χ1n) is 9.73. The van der Waals surface area contributed by atoms with Gasteiger partial charge in [0, 0.05) is 50.4 Å². The van der Waals surface area contributed by atoms with Gasteiger partial charge in [0.15, 0.2) is 0 Å². The molecule has 0 unspecified atom stereocenters. The first-order valence-corrected chi connectivity index (χ1v) is 10.1. The Morgan fingerprint density at radius 2 is 1.89 bits per heavy atom. The maximum Gasteiger partial charge on any atom is 0.271 e. The van der Waals surface area contributed by atoms with E-state index in [0.717, 1.165) is 43.0 Å². The number of methoxy groups -OCH3 is 1. The van der Waals surface area contributed by atoms with Gasteiger partial charge in [-0.05, 0) is 37.2 Å². The van der Waals surface area contributed by atoms with Gasteiger partial charge in [0.25, 0.3) is 5.56 Å². The quantitative estimate of drug-likeness (QED) is 0.740. The van der Waals surface area contributed by atoms with Gasteiger partial charge in [0.05, 0.1) is 17.8 Å². The fraction of sp³-hybridized carbons (Fsp3) is 0.524. The maximum atomic E-state index is 13.0. The van der Waals surface area contributed by atoms with Crippen molar-refractivity contribution in [1.29, 1.82) is 0 Å². The lowest BCUT2D eigenvalue weighted by Gasteiger charge is -2.32. The van der Waals surface area contributed by atoms with E-state index in [1.165, 1.54) is 0 Å². The predicted molar refractivity (Wildman–Crippen MR) is 113 cm³/mol. The number of hydrogen-bond acceptors (Lipinski definition) is 5. The highest BCUT2D eigenvalue weighted by atomic mass is 35.5. The predicted octanol–water partition coefficient (Wildman–Crippen LogP) is 2.98. The van der Waals surface area contributed by atoms with E-state index in [2.05, 4.69) is 35.8 Å². The summed E-state index contributed by atoms with van der Waals surface area (Å²) in [6.07, 6.45) is 0. The smallest absolute Gasteiger partial charge is 0.271 e. The van der Waals surface area contributed by atoms with Crippen molar-refractivity contribution in [1.82, 2.24) is 19.6 Å². The molecule has 0 bridgehead atoms. The third kappa shape index (κ3) is 4.93. The standard InChI is InChI=1S/C21H29ClN4O2/c1-15(2)13-26-21(27)17(14-25-9-7-24(3)8-10-25)12-19(23-26)16-5-6-20(28-4)18(22)11-16/h5-6,11-12,15H,7-10,13-14H2,1-4H3. The Labute approximate surface area is 171 Å². The van der Waals surface area contributed by atoms with E-state index in [-0.39, 0.29) is 5.56 Å². The highest BCUT2D eigenvalue weighted by Gasteiger charge is 2.18. The molecule has 1 aromatic carbocycles. The Morgan fingerprint density at radius 3 is 2.50 bits per heavy atom. The SMILES string of the molecule is COc1ccc(-c2cc(CN3CCN(C)CC3)c(=O)n(CC(C)C)n2)cc1Cl. The van der Waals surface area contributed by atoms with Crippen LogP contribution in [-0.2, 0) is 13.1 Å². The second kappa shape index (κ2) is 9.07. The number of halogens is 1. The van der Waals surface area contributed by atoms with Gasteiger partial charge in [-0.1, -0.05) is 25.4 Å². The van der Waals surface area contributed by atoms with Crippen molar-refractivity contribution in [3.63, 3.8) is 0 Å². The minimum atomic E-state index is -0.00372. The Morgan fingerprint density at radius 1 is 1.18 bits per heavy atom. The first-order chi connectivity index (χ1) is 13.4. The molecule has 1 aromatic heterocycles. The number of ether oxygens (including phenoxy) is 1. The molecule has 1 aliphatic rings. The van der Waals surface area contributed by atoms with Gasteiger partial charge in [-0.3, -0.25) is 9.69 Å². The Hall–Kier alpha value is -1.89. The summed E-state index contributed by atoms with van der Waals surface area (Å²) < 4.78 is 6.85. The monoisotopic (exact) mass is 404 g/mol. The number of hydrogen-bond donors (Lipinski definition) is 0. The van der Waals surface area contributed by atoms with E-state index in [4.69, 9.17) is 16.3 Å². The highest BCUT2D eigenvalue weighted by Crippen LogP contribution is 2.29. The summed E-state index contributed by atoms with van der Waals surface area (Å²) in [6, 6.07) is 7.51. The van der Waals surface area contributed by atoms with Crippen LogP contribution in [0.5, 0.6) is 5.75 Å². The summed E-state index contributed by atoms with van der Waals surface area (Å²) in [5.74, 6) is 0.954. The van der Waals surface area contributed by atoms with Crippen LogP contribution in [0.1, 0.15) is 19.4 Å². The summed E-state index contributed by atoms with van der Waals surface area (Å²) in [5, 5.41) is 5.15. The molecule has 28 heavy (non-hydrogen) atoms. The largest absolute Gasteiger partial charge is 0.495 e. The van der Waals surface area contributed by atoms with Crippen molar-refractivity contribution >= 4 is 11.6 Å². The van der Waals surface area contributed by atoms with E-state index < -0.39 is 0 Å². The third-order valence-corrected chi connectivity index (χ3v) is 5.32. The zero-order valence-corrected chi connectivity index (χ0v) is 17.9. The van der Waals surface area contributed by atoms with Gasteiger partial charge in [0.1, 0.15) is 5.75 Å². The Bertz CT molecular complexity index is 873. The lowest BCUT2D eigenvalue weighted by molar-refractivity contribution is 0.147. The van der Waals surface area contributed by atoms with Crippen LogP contribution in [0.2, 0.25) is 5.02 Å². The van der Waals surface area contributed by atoms with Crippen molar-refractivity contribution in [3.8, 4) is 17.0 Å². The number of piperazine rings is 1. The molecule has 0 spiro atoms. The van der Waals surface area contributed by atoms with Crippen molar-refractivity contribution in [2.24, 2.45) is 5.92 Å². The van der Waals surface area contributed by atoms with Crippen LogP contribution in [0.3, 0.4) is 0 Å². The van der Waals surface area contributed by atoms with Gasteiger partial charge in [0.2, 0.25) is 0 Å². The van der Waals surface area contributed by atoms with E-state index in [9.17, 15) is 4.79 Å². The minimum Gasteiger partial charge on any atom is -0.495 e. The molecule has 3 rings (SSSR count). The average Bonchev–Trinajstić information content (AvgIpc) is 2.66. The molecule has 0 aliphatic carbocycles. The van der Waals surface area contributed by atoms with Crippen LogP contribution in [-0.4, -0.2) is 59.9 Å². The lowest BCUT2D eigenvalue weighted by atomic mass is 10.1. The molecule has 0 radical (unpaired) electrons. The molecule has 1 saturated heterocycles. The van der Waals surface area contributed by atoms with Crippen LogP contribution < -0.4 is 10.3 Å². The highest BCUT2D eigenvalue weighted by molar-refractivity contribution is 6.32. The Balaban J connectivity index is 1.97. The maximum absolute atomic E-state index is 13.0. The molecule has 1 aliphatic heterocycles. The fourth-order valence-corrected chi connectivity index (χ4v) is 3.65. The summed E-state index contributed by atoms with van der Waals surface area (Å²) in [7, 11) is 3.72. The number of aromatic nitrogens is 2. The summed E-state index contributed by atoms with van der Waals surface area (Å²) >= 11 is 6.31. The van der Waals surface area contributed by atoms with Crippen molar-refractivity contribution < 1.29 is 4.74 Å². The fourth-order valence-electron chi connectivity index (χ4n) is 3.39. The van der Waals surface area contributed by atoms with Gasteiger partial charge >= 0.3 is 0 Å². The van der Waals surface area contributed by atoms with Crippen molar-refractivity contribution in [2.75, 3.05) is 40.3 Å². The van der Waals surface area contributed by atoms with Crippen LogP contribution in [0, 0.1) is 5.92 Å². The summed E-state index contributed by atoms with van der Waals surface area (Å²) in [4.78, 5) is 17.7. The van der Waals surface area contributed by atoms with Crippen LogP contribution >= 0.6 is 11.6 Å². The van der Waals surface area contributed by atoms with Gasteiger partial charge < -0.3 is 9.64 Å². The molecular formula is C21H29ClN4O2. The van der Waals surface area contributed by atoms with Crippen molar-refractivity contribution in [2.45, 2.75) is 26.9 Å². The molecule has 2 aromatic rings. The van der Waals surface area contributed by atoms with Crippen LogP contribution in [0.4, 0.5) is 0 Å². The lowest BCUT2D eigenvalue weighted by Crippen LogP contribution is -2.45. The minimum absolute atomic E-state index is 0.00372. The topological polar surface area (TPSA) is 50.6 Å². The molecule has 1 fully saturated rings. The molecule has 0 saturated carbocycles. The molecule has 7 heteroatoms. The van der Waals surface area contributed by atoms with E-state index in [0.29, 0.717) is 29.8 Å². The molecule has 152 valence electrons. The summed E-state index contributed by atoms with van der Waals surface area (Å²) in [6.45, 7) is 9.38. The molecule has 0 amide bonds. The normalized spacial score (nSPS) is 15.9. The van der Waals surface area contributed by atoms with E-state index >= 15 is 0 Å². The molecule has 0 N–H and O–H groups in total. The third-order valence-electron chi connectivity index (χ3n) is 5.02. The second-order valence-electron chi connectivity index (χ2n) is 7.86. The average molecular weight is 405 g/mol. The molecule has 0 atom stereocenters. The first kappa shape index (κ1) is 20.8. The number of nitrogens with zero attached hydrogens (tertiary/aromatic N) is 4. The summed E-state index contributed by atoms with van der Waals surface area (Å²) in [5.41, 5.74) is 2.41. The van der Waals surface area contributed by atoms with Crippen LogP contribution in [0.15, 0.2) is 29.1 Å². The zero-order chi connectivity index (χ0) is 20.3. The molecule has 6 nitrogen and oxygen atoms in total. The number of likely N-dealkylation sites (N-methyl/N-ethyl adjacent to an activating group) is 1.